The number of aliphatic carboxylic acids is 1. The number of rotatable bonds is 2. The van der Waals surface area contributed by atoms with Gasteiger partial charge in [0.2, 0.25) is 5.91 Å². The molecule has 1 heterocycles. The molecule has 1 amide bonds. The van der Waals surface area contributed by atoms with Crippen molar-refractivity contribution in [2.24, 2.45) is 5.41 Å². The molecular weight excluding hydrogens is 322 g/mol. The van der Waals surface area contributed by atoms with Crippen LogP contribution in [-0.4, -0.2) is 28.4 Å². The highest BCUT2D eigenvalue weighted by atomic mass is 79.9. The van der Waals surface area contributed by atoms with Crippen molar-refractivity contribution in [2.45, 2.75) is 33.2 Å². The number of nitrogens with zero attached hydrogens (tertiary/aromatic N) is 1. The van der Waals surface area contributed by atoms with Gasteiger partial charge in [-0.2, -0.15) is 0 Å². The van der Waals surface area contributed by atoms with Crippen LogP contribution in [0.1, 0.15) is 37.9 Å². The summed E-state index contributed by atoms with van der Waals surface area (Å²) in [6, 6.07) is 5.82. The second kappa shape index (κ2) is 5.20. The van der Waals surface area contributed by atoms with Gasteiger partial charge < -0.3 is 10.0 Å². The van der Waals surface area contributed by atoms with E-state index < -0.39 is 11.4 Å². The van der Waals surface area contributed by atoms with Crippen molar-refractivity contribution in [1.82, 2.24) is 4.90 Å². The second-order valence-corrected chi connectivity index (χ2v) is 6.52. The van der Waals surface area contributed by atoms with Crippen LogP contribution in [0.25, 0.3) is 0 Å². The van der Waals surface area contributed by atoms with Crippen LogP contribution in [-0.2, 0) is 16.0 Å². The molecule has 1 N–H and O–H groups in total. The molecule has 0 radical (unpaired) electrons. The van der Waals surface area contributed by atoms with Crippen molar-refractivity contribution >= 4 is 27.8 Å². The van der Waals surface area contributed by atoms with E-state index in [4.69, 9.17) is 0 Å². The lowest BCUT2D eigenvalue weighted by molar-refractivity contribution is -0.159. The van der Waals surface area contributed by atoms with Gasteiger partial charge in [0.1, 0.15) is 5.41 Å². The minimum atomic E-state index is -1.39. The average Bonchev–Trinajstić information content (AvgIpc) is 2.39. The Bertz CT molecular complexity index is 568. The van der Waals surface area contributed by atoms with Crippen LogP contribution in [0.5, 0.6) is 0 Å². The highest BCUT2D eigenvalue weighted by Crippen LogP contribution is 2.35. The summed E-state index contributed by atoms with van der Waals surface area (Å²) in [6.07, 6.45) is 0.739. The van der Waals surface area contributed by atoms with Crippen LogP contribution in [0.4, 0.5) is 0 Å². The zero-order chi connectivity index (χ0) is 15.1. The highest BCUT2D eigenvalue weighted by Gasteiger charge is 2.42. The average molecular weight is 340 g/mol. The lowest BCUT2D eigenvalue weighted by atomic mass is 9.87. The molecule has 0 aliphatic carbocycles. The Labute approximate surface area is 126 Å². The van der Waals surface area contributed by atoms with Crippen molar-refractivity contribution in [3.63, 3.8) is 0 Å². The SMILES string of the molecule is CC1c2cccc(Br)c2CCN1C(=O)C(C)(C)C(=O)O. The molecule has 0 saturated heterocycles. The zero-order valence-corrected chi connectivity index (χ0v) is 13.4. The number of amides is 1. The molecule has 5 heteroatoms. The van der Waals surface area contributed by atoms with Crippen LogP contribution < -0.4 is 0 Å². The number of hydrogen-bond acceptors (Lipinski definition) is 2. The lowest BCUT2D eigenvalue weighted by Crippen LogP contribution is -2.48. The van der Waals surface area contributed by atoms with Gasteiger partial charge in [-0.15, -0.1) is 0 Å². The van der Waals surface area contributed by atoms with Crippen LogP contribution in [0.15, 0.2) is 22.7 Å². The molecule has 4 nitrogen and oxygen atoms in total. The number of carboxylic acids is 1. The summed E-state index contributed by atoms with van der Waals surface area (Å²) in [4.78, 5) is 25.4. The molecular formula is C15H18BrNO3. The summed E-state index contributed by atoms with van der Waals surface area (Å²) in [6.45, 7) is 5.41. The van der Waals surface area contributed by atoms with Gasteiger partial charge in [0.05, 0.1) is 6.04 Å². The maximum absolute atomic E-state index is 12.5. The van der Waals surface area contributed by atoms with E-state index in [0.29, 0.717) is 6.54 Å². The smallest absolute Gasteiger partial charge is 0.318 e. The van der Waals surface area contributed by atoms with Crippen molar-refractivity contribution in [2.75, 3.05) is 6.54 Å². The van der Waals surface area contributed by atoms with E-state index in [1.54, 1.807) is 4.90 Å². The van der Waals surface area contributed by atoms with E-state index in [-0.39, 0.29) is 11.9 Å². The van der Waals surface area contributed by atoms with Gasteiger partial charge in [0.25, 0.3) is 0 Å². The van der Waals surface area contributed by atoms with Crippen LogP contribution in [0.3, 0.4) is 0 Å². The molecule has 0 aromatic heterocycles. The first kappa shape index (κ1) is 15.0. The predicted molar refractivity (Wildman–Crippen MR) is 79.4 cm³/mol. The normalized spacial score (nSPS) is 18.6. The molecule has 1 aliphatic rings. The summed E-state index contributed by atoms with van der Waals surface area (Å²) in [7, 11) is 0. The van der Waals surface area contributed by atoms with Gasteiger partial charge in [-0.25, -0.2) is 0 Å². The lowest BCUT2D eigenvalue weighted by Gasteiger charge is -2.38. The van der Waals surface area contributed by atoms with E-state index in [1.165, 1.54) is 19.4 Å². The Morgan fingerprint density at radius 1 is 1.40 bits per heavy atom. The number of fused-ring (bicyclic) bond motifs is 1. The third-order valence-corrected chi connectivity index (χ3v) is 4.75. The van der Waals surface area contributed by atoms with E-state index in [9.17, 15) is 14.7 Å². The minimum Gasteiger partial charge on any atom is -0.480 e. The molecule has 1 unspecified atom stereocenters. The van der Waals surface area contributed by atoms with E-state index in [0.717, 1.165) is 16.5 Å². The Morgan fingerprint density at radius 3 is 2.65 bits per heavy atom. The topological polar surface area (TPSA) is 57.6 Å². The largest absolute Gasteiger partial charge is 0.480 e. The fourth-order valence-corrected chi connectivity index (χ4v) is 3.13. The predicted octanol–water partition coefficient (Wildman–Crippen LogP) is 3.01. The van der Waals surface area contributed by atoms with Crippen molar-refractivity contribution < 1.29 is 14.7 Å². The Hall–Kier alpha value is -1.36. The van der Waals surface area contributed by atoms with Gasteiger partial charge >= 0.3 is 5.97 Å². The van der Waals surface area contributed by atoms with Gasteiger partial charge in [-0.3, -0.25) is 9.59 Å². The summed E-state index contributed by atoms with van der Waals surface area (Å²) in [5.41, 5.74) is 0.898. The molecule has 1 aliphatic heterocycles. The maximum atomic E-state index is 12.5. The Balaban J connectivity index is 2.35. The summed E-state index contributed by atoms with van der Waals surface area (Å²) >= 11 is 3.53. The van der Waals surface area contributed by atoms with Crippen molar-refractivity contribution in [3.05, 3.63) is 33.8 Å². The maximum Gasteiger partial charge on any atom is 0.318 e. The van der Waals surface area contributed by atoms with Crippen LogP contribution in [0.2, 0.25) is 0 Å². The number of carbonyl (C=O) groups is 2. The van der Waals surface area contributed by atoms with Crippen LogP contribution in [0, 0.1) is 5.41 Å². The molecule has 20 heavy (non-hydrogen) atoms. The molecule has 0 saturated carbocycles. The molecule has 108 valence electrons. The summed E-state index contributed by atoms with van der Waals surface area (Å²) in [5.74, 6) is -1.42. The first-order valence-corrected chi connectivity index (χ1v) is 7.38. The zero-order valence-electron chi connectivity index (χ0n) is 11.8. The summed E-state index contributed by atoms with van der Waals surface area (Å²) in [5, 5.41) is 9.21. The molecule has 1 aromatic carbocycles. The quantitative estimate of drug-likeness (QED) is 0.842. The minimum absolute atomic E-state index is 0.109. The highest BCUT2D eigenvalue weighted by molar-refractivity contribution is 9.10. The van der Waals surface area contributed by atoms with Gasteiger partial charge in [-0.1, -0.05) is 28.1 Å². The number of benzene rings is 1. The number of halogens is 1. The molecule has 0 bridgehead atoms. The fourth-order valence-electron chi connectivity index (χ4n) is 2.55. The van der Waals surface area contributed by atoms with Crippen LogP contribution >= 0.6 is 15.9 Å². The fraction of sp³-hybridized carbons (Fsp3) is 0.467. The van der Waals surface area contributed by atoms with E-state index in [1.807, 2.05) is 25.1 Å². The van der Waals surface area contributed by atoms with Crippen molar-refractivity contribution in [1.29, 1.82) is 0 Å². The number of carbonyl (C=O) groups excluding carboxylic acids is 1. The molecule has 1 aromatic rings. The molecule has 0 spiro atoms. The number of hydrogen-bond donors (Lipinski definition) is 1. The van der Waals surface area contributed by atoms with E-state index in [2.05, 4.69) is 15.9 Å². The first-order chi connectivity index (χ1) is 9.26. The first-order valence-electron chi connectivity index (χ1n) is 6.58. The van der Waals surface area contributed by atoms with Gasteiger partial charge in [0, 0.05) is 11.0 Å². The Morgan fingerprint density at radius 2 is 2.05 bits per heavy atom. The second-order valence-electron chi connectivity index (χ2n) is 5.66. The van der Waals surface area contributed by atoms with Gasteiger partial charge in [-0.05, 0) is 44.4 Å². The summed E-state index contributed by atoms with van der Waals surface area (Å²) < 4.78 is 1.05. The number of carboxylic acid groups (broad SMARTS) is 1. The third-order valence-electron chi connectivity index (χ3n) is 4.01. The monoisotopic (exact) mass is 339 g/mol. The molecule has 0 fully saturated rings. The Kier molecular flexibility index (Phi) is 3.91. The standard InChI is InChI=1S/C15H18BrNO3/c1-9-10-5-4-6-12(16)11(10)7-8-17(9)13(18)15(2,3)14(19)20/h4-6,9H,7-8H2,1-3H3,(H,19,20). The van der Waals surface area contributed by atoms with Crippen molar-refractivity contribution in [3.8, 4) is 0 Å². The molecule has 1 atom stereocenters. The van der Waals surface area contributed by atoms with Gasteiger partial charge in [0.15, 0.2) is 0 Å². The van der Waals surface area contributed by atoms with E-state index >= 15 is 0 Å². The third kappa shape index (κ3) is 2.35. The molecule has 2 rings (SSSR count).